The van der Waals surface area contributed by atoms with E-state index >= 15 is 0 Å². The van der Waals surface area contributed by atoms with Gasteiger partial charge in [-0.3, -0.25) is 4.79 Å². The molecular weight excluding hydrogens is 246 g/mol. The molecule has 2 heterocycles. The van der Waals surface area contributed by atoms with E-state index in [9.17, 15) is 4.79 Å². The van der Waals surface area contributed by atoms with Crippen LogP contribution in [0.4, 0.5) is 0 Å². The van der Waals surface area contributed by atoms with E-state index in [1.807, 2.05) is 16.3 Å². The van der Waals surface area contributed by atoms with Crippen LogP contribution in [0.15, 0.2) is 11.4 Å². The molecule has 1 aromatic rings. The van der Waals surface area contributed by atoms with E-state index in [1.54, 1.807) is 0 Å². The van der Waals surface area contributed by atoms with Crippen molar-refractivity contribution in [2.75, 3.05) is 39.8 Å². The van der Waals surface area contributed by atoms with Crippen LogP contribution in [0.2, 0.25) is 0 Å². The monoisotopic (exact) mass is 263 g/mol. The van der Waals surface area contributed by atoms with Crippen molar-refractivity contribution in [2.45, 2.75) is 0 Å². The molecule has 0 bridgehead atoms. The number of carbonyl (C=O) groups excluding carboxylic acids is 1. The van der Waals surface area contributed by atoms with Gasteiger partial charge < -0.3 is 15.5 Å². The average molecular weight is 263 g/mol. The molecule has 96 valence electrons. The Morgan fingerprint density at radius 3 is 2.83 bits per heavy atom. The number of likely N-dealkylation sites (N-methyl/N-ethyl adjacent to an activating group) is 1. The van der Waals surface area contributed by atoms with Gasteiger partial charge in [0.05, 0.1) is 6.54 Å². The van der Waals surface area contributed by atoms with E-state index in [0.717, 1.165) is 36.6 Å². The van der Waals surface area contributed by atoms with Crippen molar-refractivity contribution in [1.82, 2.24) is 9.80 Å². The van der Waals surface area contributed by atoms with Crippen molar-refractivity contribution < 1.29 is 4.79 Å². The van der Waals surface area contributed by atoms with Crippen molar-refractivity contribution in [2.24, 2.45) is 5.73 Å². The summed E-state index contributed by atoms with van der Waals surface area (Å²) in [6, 6.07) is 1.89. The second kappa shape index (κ2) is 6.01. The fourth-order valence-electron chi connectivity index (χ4n) is 1.87. The van der Waals surface area contributed by atoms with Gasteiger partial charge in [0, 0.05) is 31.7 Å². The van der Waals surface area contributed by atoms with Gasteiger partial charge in [0.15, 0.2) is 0 Å². The molecule has 0 radical (unpaired) electrons. The first kappa shape index (κ1) is 13.1. The first-order valence-corrected chi connectivity index (χ1v) is 6.84. The van der Waals surface area contributed by atoms with E-state index in [-0.39, 0.29) is 5.91 Å². The van der Waals surface area contributed by atoms with Gasteiger partial charge in [0.25, 0.3) is 5.91 Å². The number of hydrogen-bond acceptors (Lipinski definition) is 4. The van der Waals surface area contributed by atoms with Crippen LogP contribution in [0, 0.1) is 11.8 Å². The zero-order valence-electron chi connectivity index (χ0n) is 10.5. The molecule has 1 fully saturated rings. The lowest BCUT2D eigenvalue weighted by molar-refractivity contribution is 0.0669. The van der Waals surface area contributed by atoms with E-state index < -0.39 is 0 Å². The summed E-state index contributed by atoms with van der Waals surface area (Å²) in [4.78, 5) is 17.2. The summed E-state index contributed by atoms with van der Waals surface area (Å²) in [6.07, 6.45) is 0. The standard InChI is InChI=1S/C13H17N3OS/c1-15-6-8-16(9-7-15)13(17)12-11(3-2-5-14)4-10-18-12/h4,10H,5-9,14H2,1H3. The van der Waals surface area contributed by atoms with E-state index in [0.29, 0.717) is 6.54 Å². The number of nitrogens with two attached hydrogens (primary N) is 1. The fraction of sp³-hybridized carbons (Fsp3) is 0.462. The smallest absolute Gasteiger partial charge is 0.265 e. The number of thiophene rings is 1. The highest BCUT2D eigenvalue weighted by molar-refractivity contribution is 7.12. The fourth-order valence-corrected chi connectivity index (χ4v) is 2.69. The molecule has 0 atom stereocenters. The van der Waals surface area contributed by atoms with Crippen LogP contribution in [0.5, 0.6) is 0 Å². The van der Waals surface area contributed by atoms with Crippen molar-refractivity contribution in [1.29, 1.82) is 0 Å². The highest BCUT2D eigenvalue weighted by Crippen LogP contribution is 2.19. The summed E-state index contributed by atoms with van der Waals surface area (Å²) in [5.41, 5.74) is 6.16. The van der Waals surface area contributed by atoms with Crippen LogP contribution >= 0.6 is 11.3 Å². The Morgan fingerprint density at radius 1 is 1.44 bits per heavy atom. The summed E-state index contributed by atoms with van der Waals surface area (Å²) >= 11 is 1.45. The quantitative estimate of drug-likeness (QED) is 0.748. The highest BCUT2D eigenvalue weighted by Gasteiger charge is 2.22. The minimum atomic E-state index is 0.0967. The van der Waals surface area contributed by atoms with Crippen LogP contribution in [0.25, 0.3) is 0 Å². The number of carbonyl (C=O) groups is 1. The molecule has 1 amide bonds. The maximum Gasteiger partial charge on any atom is 0.265 e. The Kier molecular flexibility index (Phi) is 4.37. The third-order valence-electron chi connectivity index (χ3n) is 2.98. The lowest BCUT2D eigenvalue weighted by Gasteiger charge is -2.32. The molecule has 5 heteroatoms. The lowest BCUT2D eigenvalue weighted by Crippen LogP contribution is -2.47. The molecule has 4 nitrogen and oxygen atoms in total. The SMILES string of the molecule is CN1CCN(C(=O)c2sccc2C#CCN)CC1. The Bertz CT molecular complexity index is 478. The number of hydrogen-bond donors (Lipinski definition) is 1. The Labute approximate surface area is 111 Å². The van der Waals surface area contributed by atoms with Crippen LogP contribution in [0.3, 0.4) is 0 Å². The summed E-state index contributed by atoms with van der Waals surface area (Å²) in [7, 11) is 2.07. The molecule has 0 spiro atoms. The molecule has 0 aromatic carbocycles. The molecule has 2 rings (SSSR count). The van der Waals surface area contributed by atoms with Gasteiger partial charge in [-0.05, 0) is 18.5 Å². The minimum Gasteiger partial charge on any atom is -0.335 e. The number of rotatable bonds is 1. The van der Waals surface area contributed by atoms with Crippen LogP contribution < -0.4 is 5.73 Å². The molecule has 0 aliphatic carbocycles. The number of piperazine rings is 1. The van der Waals surface area contributed by atoms with Crippen molar-refractivity contribution in [3.63, 3.8) is 0 Å². The topological polar surface area (TPSA) is 49.6 Å². The van der Waals surface area contributed by atoms with E-state index in [4.69, 9.17) is 5.73 Å². The zero-order valence-corrected chi connectivity index (χ0v) is 11.3. The molecule has 2 N–H and O–H groups in total. The van der Waals surface area contributed by atoms with Crippen molar-refractivity contribution >= 4 is 17.2 Å². The lowest BCUT2D eigenvalue weighted by atomic mass is 10.2. The van der Waals surface area contributed by atoms with Gasteiger partial charge in [0.2, 0.25) is 0 Å². The second-order valence-electron chi connectivity index (χ2n) is 4.26. The second-order valence-corrected chi connectivity index (χ2v) is 5.18. The molecule has 18 heavy (non-hydrogen) atoms. The molecule has 1 aliphatic heterocycles. The first-order valence-electron chi connectivity index (χ1n) is 5.96. The largest absolute Gasteiger partial charge is 0.335 e. The van der Waals surface area contributed by atoms with Crippen LogP contribution in [-0.4, -0.2) is 55.5 Å². The van der Waals surface area contributed by atoms with Crippen molar-refractivity contribution in [3.05, 3.63) is 21.9 Å². The highest BCUT2D eigenvalue weighted by atomic mass is 32.1. The predicted molar refractivity (Wildman–Crippen MR) is 73.7 cm³/mol. The minimum absolute atomic E-state index is 0.0967. The third kappa shape index (κ3) is 2.91. The molecule has 1 saturated heterocycles. The predicted octanol–water partition coefficient (Wildman–Crippen LogP) is 0.446. The summed E-state index contributed by atoms with van der Waals surface area (Å²) in [5, 5.41) is 1.91. The molecule has 1 aliphatic rings. The summed E-state index contributed by atoms with van der Waals surface area (Å²) in [6.45, 7) is 3.76. The van der Waals surface area contributed by atoms with Crippen LogP contribution in [-0.2, 0) is 0 Å². The Balaban J connectivity index is 2.11. The maximum atomic E-state index is 12.4. The zero-order chi connectivity index (χ0) is 13.0. The third-order valence-corrected chi connectivity index (χ3v) is 3.88. The van der Waals surface area contributed by atoms with Gasteiger partial charge in [-0.2, -0.15) is 0 Å². The summed E-state index contributed by atoms with van der Waals surface area (Å²) in [5.74, 6) is 5.86. The van der Waals surface area contributed by atoms with Gasteiger partial charge in [-0.25, -0.2) is 0 Å². The Morgan fingerprint density at radius 2 is 2.17 bits per heavy atom. The van der Waals surface area contributed by atoms with Gasteiger partial charge in [-0.1, -0.05) is 11.8 Å². The molecule has 0 saturated carbocycles. The van der Waals surface area contributed by atoms with Crippen molar-refractivity contribution in [3.8, 4) is 11.8 Å². The van der Waals surface area contributed by atoms with Gasteiger partial charge >= 0.3 is 0 Å². The number of nitrogens with zero attached hydrogens (tertiary/aromatic N) is 2. The Hall–Kier alpha value is -1.35. The maximum absolute atomic E-state index is 12.4. The number of amides is 1. The van der Waals surface area contributed by atoms with Gasteiger partial charge in [-0.15, -0.1) is 11.3 Å². The molecule has 0 unspecified atom stereocenters. The molecule has 1 aromatic heterocycles. The van der Waals surface area contributed by atoms with E-state index in [2.05, 4.69) is 23.8 Å². The van der Waals surface area contributed by atoms with E-state index in [1.165, 1.54) is 11.3 Å². The van der Waals surface area contributed by atoms with Gasteiger partial charge in [0.1, 0.15) is 4.88 Å². The first-order chi connectivity index (χ1) is 8.72. The van der Waals surface area contributed by atoms with Crippen LogP contribution in [0.1, 0.15) is 15.2 Å². The average Bonchev–Trinajstić information content (AvgIpc) is 2.84. The normalized spacial score (nSPS) is 16.2. The molecular formula is C13H17N3OS. The summed E-state index contributed by atoms with van der Waals surface area (Å²) < 4.78 is 0.